The fraction of sp³-hybridized carbons (Fsp3) is 0.353. The Bertz CT molecular complexity index is 759. The van der Waals surface area contributed by atoms with E-state index in [-0.39, 0.29) is 0 Å². The first-order chi connectivity index (χ1) is 10.4. The highest BCUT2D eigenvalue weighted by Crippen LogP contribution is 2.27. The molecule has 21 heavy (non-hydrogen) atoms. The average Bonchev–Trinajstić information content (AvgIpc) is 2.97. The van der Waals surface area contributed by atoms with Crippen molar-refractivity contribution < 1.29 is 4.52 Å². The summed E-state index contributed by atoms with van der Waals surface area (Å²) in [5.41, 5.74) is 2.00. The predicted molar refractivity (Wildman–Crippen MR) is 84.5 cm³/mol. The summed E-state index contributed by atoms with van der Waals surface area (Å²) in [6.45, 7) is 5.47. The van der Waals surface area contributed by atoms with E-state index in [2.05, 4.69) is 45.7 Å². The van der Waals surface area contributed by atoms with Crippen molar-refractivity contribution in [1.29, 1.82) is 0 Å². The van der Waals surface area contributed by atoms with E-state index in [1.54, 1.807) is 0 Å². The van der Waals surface area contributed by atoms with E-state index in [0.29, 0.717) is 0 Å². The molecule has 4 nitrogen and oxygen atoms in total. The maximum Gasteiger partial charge on any atom is 0.174 e. The Morgan fingerprint density at radius 3 is 2.81 bits per heavy atom. The zero-order valence-corrected chi connectivity index (χ0v) is 12.0. The van der Waals surface area contributed by atoms with Crippen molar-refractivity contribution in [3.63, 3.8) is 0 Å². The Morgan fingerprint density at radius 1 is 1.05 bits per heavy atom. The Morgan fingerprint density at radius 2 is 1.90 bits per heavy atom. The average molecular weight is 281 g/mol. The number of fused-ring (bicyclic) bond motifs is 3. The van der Waals surface area contributed by atoms with Crippen molar-refractivity contribution in [1.82, 2.24) is 15.4 Å². The van der Waals surface area contributed by atoms with Crippen molar-refractivity contribution >= 4 is 21.7 Å². The fourth-order valence-electron chi connectivity index (χ4n) is 3.10. The third-order valence-electron chi connectivity index (χ3n) is 4.31. The summed E-state index contributed by atoms with van der Waals surface area (Å²) in [7, 11) is 0. The van der Waals surface area contributed by atoms with Gasteiger partial charge in [0.1, 0.15) is 0 Å². The summed E-state index contributed by atoms with van der Waals surface area (Å²) in [6.07, 6.45) is 0.950. The van der Waals surface area contributed by atoms with E-state index in [9.17, 15) is 0 Å². The van der Waals surface area contributed by atoms with E-state index in [0.717, 1.165) is 61.2 Å². The van der Waals surface area contributed by atoms with Crippen LogP contribution < -0.4 is 5.32 Å². The van der Waals surface area contributed by atoms with Gasteiger partial charge in [0.15, 0.2) is 5.58 Å². The van der Waals surface area contributed by atoms with Crippen molar-refractivity contribution in [3.8, 4) is 0 Å². The minimum absolute atomic E-state index is 0.920. The summed E-state index contributed by atoms with van der Waals surface area (Å²) in [4.78, 5) is 2.48. The molecule has 1 saturated heterocycles. The number of hydrogen-bond donors (Lipinski definition) is 1. The Labute approximate surface area is 123 Å². The van der Waals surface area contributed by atoms with Gasteiger partial charge in [-0.3, -0.25) is 0 Å². The lowest BCUT2D eigenvalue weighted by Gasteiger charge is -2.26. The van der Waals surface area contributed by atoms with E-state index in [1.165, 1.54) is 5.39 Å². The van der Waals surface area contributed by atoms with Gasteiger partial charge in [-0.2, -0.15) is 0 Å². The third-order valence-corrected chi connectivity index (χ3v) is 4.31. The van der Waals surface area contributed by atoms with Gasteiger partial charge in [0, 0.05) is 49.9 Å². The number of piperazine rings is 1. The number of nitrogens with one attached hydrogen (secondary N) is 1. The maximum absolute atomic E-state index is 5.62. The van der Waals surface area contributed by atoms with E-state index >= 15 is 0 Å². The Hall–Kier alpha value is -1.91. The van der Waals surface area contributed by atoms with Crippen LogP contribution in [0.1, 0.15) is 5.69 Å². The smallest absolute Gasteiger partial charge is 0.174 e. The molecule has 1 fully saturated rings. The largest absolute Gasteiger partial charge is 0.355 e. The van der Waals surface area contributed by atoms with Crippen molar-refractivity contribution in [2.75, 3.05) is 32.7 Å². The van der Waals surface area contributed by atoms with Gasteiger partial charge in [-0.25, -0.2) is 0 Å². The van der Waals surface area contributed by atoms with Gasteiger partial charge in [-0.05, 0) is 11.5 Å². The zero-order valence-electron chi connectivity index (χ0n) is 12.0. The van der Waals surface area contributed by atoms with Crippen LogP contribution >= 0.6 is 0 Å². The lowest BCUT2D eigenvalue weighted by Crippen LogP contribution is -2.44. The van der Waals surface area contributed by atoms with E-state index < -0.39 is 0 Å². The molecule has 2 heterocycles. The Balaban J connectivity index is 1.62. The van der Waals surface area contributed by atoms with Gasteiger partial charge in [-0.1, -0.05) is 35.5 Å². The summed E-state index contributed by atoms with van der Waals surface area (Å²) in [5, 5.41) is 11.2. The van der Waals surface area contributed by atoms with Gasteiger partial charge >= 0.3 is 0 Å². The molecule has 108 valence electrons. The summed E-state index contributed by atoms with van der Waals surface area (Å²) in [6, 6.07) is 12.6. The van der Waals surface area contributed by atoms with Crippen LogP contribution in [0.25, 0.3) is 21.7 Å². The number of aromatic nitrogens is 1. The first-order valence-electron chi connectivity index (χ1n) is 7.61. The molecule has 0 aliphatic carbocycles. The number of benzene rings is 2. The molecule has 0 bridgehead atoms. The molecule has 1 N–H and O–H groups in total. The molecule has 1 aliphatic heterocycles. The molecule has 4 rings (SSSR count). The van der Waals surface area contributed by atoms with E-state index in [1.807, 2.05) is 6.07 Å². The molecular weight excluding hydrogens is 262 g/mol. The SMILES string of the molecule is c1ccc2c(c1)ccc1c(CCN3CCNCC3)noc12. The minimum atomic E-state index is 0.920. The fourth-order valence-corrected chi connectivity index (χ4v) is 3.10. The van der Waals surface area contributed by atoms with Crippen LogP contribution in [0.5, 0.6) is 0 Å². The predicted octanol–water partition coefficient (Wildman–Crippen LogP) is 2.43. The second-order valence-corrected chi connectivity index (χ2v) is 5.63. The minimum Gasteiger partial charge on any atom is -0.355 e. The monoisotopic (exact) mass is 281 g/mol. The van der Waals surface area contributed by atoms with Gasteiger partial charge in [0.05, 0.1) is 5.69 Å². The number of rotatable bonds is 3. The van der Waals surface area contributed by atoms with Gasteiger partial charge in [0.25, 0.3) is 0 Å². The highest BCUT2D eigenvalue weighted by atomic mass is 16.5. The maximum atomic E-state index is 5.62. The van der Waals surface area contributed by atoms with Gasteiger partial charge in [-0.15, -0.1) is 0 Å². The lowest BCUT2D eigenvalue weighted by atomic mass is 10.1. The lowest BCUT2D eigenvalue weighted by molar-refractivity contribution is 0.242. The molecule has 0 amide bonds. The summed E-state index contributed by atoms with van der Waals surface area (Å²) >= 11 is 0. The molecule has 1 aliphatic rings. The first-order valence-corrected chi connectivity index (χ1v) is 7.61. The topological polar surface area (TPSA) is 41.3 Å². The van der Waals surface area contributed by atoms with Crippen LogP contribution in [-0.4, -0.2) is 42.8 Å². The highest BCUT2D eigenvalue weighted by molar-refractivity contribution is 6.04. The van der Waals surface area contributed by atoms with Crippen LogP contribution in [0.4, 0.5) is 0 Å². The van der Waals surface area contributed by atoms with Gasteiger partial charge in [0.2, 0.25) is 0 Å². The first kappa shape index (κ1) is 12.8. The zero-order chi connectivity index (χ0) is 14.1. The molecule has 2 aromatic carbocycles. The molecule has 3 aromatic rings. The molecular formula is C17H19N3O. The van der Waals surface area contributed by atoms with Crippen LogP contribution in [0.3, 0.4) is 0 Å². The summed E-state index contributed by atoms with van der Waals surface area (Å²) in [5.74, 6) is 0. The second kappa shape index (κ2) is 5.47. The third kappa shape index (κ3) is 2.41. The molecule has 0 spiro atoms. The number of hydrogen-bond acceptors (Lipinski definition) is 4. The van der Waals surface area contributed by atoms with Crippen LogP contribution in [-0.2, 0) is 6.42 Å². The van der Waals surface area contributed by atoms with E-state index in [4.69, 9.17) is 4.52 Å². The second-order valence-electron chi connectivity index (χ2n) is 5.63. The van der Waals surface area contributed by atoms with Crippen molar-refractivity contribution in [3.05, 3.63) is 42.1 Å². The van der Waals surface area contributed by atoms with Crippen LogP contribution in [0.15, 0.2) is 40.9 Å². The Kier molecular flexibility index (Phi) is 3.33. The summed E-state index contributed by atoms with van der Waals surface area (Å²) < 4.78 is 5.62. The molecule has 1 aromatic heterocycles. The van der Waals surface area contributed by atoms with Crippen molar-refractivity contribution in [2.24, 2.45) is 0 Å². The quantitative estimate of drug-likeness (QED) is 0.800. The normalized spacial score (nSPS) is 16.8. The molecule has 0 atom stereocenters. The molecule has 4 heteroatoms. The van der Waals surface area contributed by atoms with Crippen molar-refractivity contribution in [2.45, 2.75) is 6.42 Å². The molecule has 0 saturated carbocycles. The molecule has 0 radical (unpaired) electrons. The van der Waals surface area contributed by atoms with Crippen LogP contribution in [0, 0.1) is 0 Å². The molecule has 0 unspecified atom stereocenters. The van der Waals surface area contributed by atoms with Gasteiger partial charge < -0.3 is 14.7 Å². The standard InChI is InChI=1S/C17H19N3O/c1-2-4-14-13(3-1)5-6-15-16(19-21-17(14)15)7-10-20-11-8-18-9-12-20/h1-6,18H,7-12H2. The van der Waals surface area contributed by atoms with Crippen LogP contribution in [0.2, 0.25) is 0 Å². The number of nitrogens with zero attached hydrogens (tertiary/aromatic N) is 2. The highest BCUT2D eigenvalue weighted by Gasteiger charge is 2.14.